The average molecular weight is 264 g/mol. The summed E-state index contributed by atoms with van der Waals surface area (Å²) in [6.45, 7) is 2.06. The third kappa shape index (κ3) is 4.59. The van der Waals surface area contributed by atoms with Gasteiger partial charge in [-0.05, 0) is 63.4 Å². The van der Waals surface area contributed by atoms with E-state index in [0.717, 1.165) is 25.0 Å². The summed E-state index contributed by atoms with van der Waals surface area (Å²) in [5, 5.41) is 3.37. The van der Waals surface area contributed by atoms with Crippen molar-refractivity contribution in [2.45, 2.75) is 38.3 Å². The maximum atomic E-state index is 12.8. The number of nitrogens with zero attached hydrogens (tertiary/aromatic N) is 1. The molecule has 0 atom stereocenters. The largest absolute Gasteiger partial charge is 0.317 e. The summed E-state index contributed by atoms with van der Waals surface area (Å²) >= 11 is 0. The van der Waals surface area contributed by atoms with Crippen LogP contribution in [0.15, 0.2) is 24.3 Å². The van der Waals surface area contributed by atoms with Crippen molar-refractivity contribution in [1.29, 1.82) is 0 Å². The SMILES string of the molecule is CNC1CCC(CN(C)Cc2ccc(F)cc2)CC1. The summed E-state index contributed by atoms with van der Waals surface area (Å²) in [7, 11) is 4.22. The van der Waals surface area contributed by atoms with Gasteiger partial charge in [-0.1, -0.05) is 12.1 Å². The Bertz CT molecular complexity index is 369. The smallest absolute Gasteiger partial charge is 0.123 e. The van der Waals surface area contributed by atoms with Gasteiger partial charge in [-0.25, -0.2) is 4.39 Å². The highest BCUT2D eigenvalue weighted by molar-refractivity contribution is 5.15. The van der Waals surface area contributed by atoms with E-state index in [9.17, 15) is 4.39 Å². The lowest BCUT2D eigenvalue weighted by Crippen LogP contribution is -2.34. The lowest BCUT2D eigenvalue weighted by molar-refractivity contribution is 0.211. The van der Waals surface area contributed by atoms with Crippen LogP contribution in [0.2, 0.25) is 0 Å². The monoisotopic (exact) mass is 264 g/mol. The van der Waals surface area contributed by atoms with Crippen LogP contribution in [-0.2, 0) is 6.54 Å². The van der Waals surface area contributed by atoms with Gasteiger partial charge in [0.2, 0.25) is 0 Å². The van der Waals surface area contributed by atoms with Gasteiger partial charge in [-0.3, -0.25) is 0 Å². The first-order valence-electron chi connectivity index (χ1n) is 7.27. The normalized spacial score (nSPS) is 23.8. The minimum absolute atomic E-state index is 0.156. The summed E-state index contributed by atoms with van der Waals surface area (Å²) in [5.74, 6) is 0.659. The Morgan fingerprint density at radius 2 is 1.79 bits per heavy atom. The highest BCUT2D eigenvalue weighted by atomic mass is 19.1. The van der Waals surface area contributed by atoms with Crippen LogP contribution in [0.5, 0.6) is 0 Å². The molecule has 19 heavy (non-hydrogen) atoms. The van der Waals surface area contributed by atoms with E-state index in [0.29, 0.717) is 0 Å². The summed E-state index contributed by atoms with van der Waals surface area (Å²) in [6.07, 6.45) is 5.23. The van der Waals surface area contributed by atoms with E-state index in [1.54, 1.807) is 12.1 Å². The summed E-state index contributed by atoms with van der Waals surface area (Å²) in [6, 6.07) is 7.56. The van der Waals surface area contributed by atoms with Crippen molar-refractivity contribution in [3.63, 3.8) is 0 Å². The van der Waals surface area contributed by atoms with Crippen LogP contribution >= 0.6 is 0 Å². The van der Waals surface area contributed by atoms with Crippen molar-refractivity contribution in [2.24, 2.45) is 5.92 Å². The van der Waals surface area contributed by atoms with Crippen LogP contribution in [0, 0.1) is 11.7 Å². The van der Waals surface area contributed by atoms with Crippen LogP contribution < -0.4 is 5.32 Å². The molecule has 3 heteroatoms. The molecule has 0 aromatic heterocycles. The molecule has 0 heterocycles. The minimum atomic E-state index is -0.156. The van der Waals surface area contributed by atoms with Gasteiger partial charge >= 0.3 is 0 Å². The number of hydrogen-bond acceptors (Lipinski definition) is 2. The fourth-order valence-corrected chi connectivity index (χ4v) is 3.04. The van der Waals surface area contributed by atoms with Gasteiger partial charge in [0.1, 0.15) is 5.82 Å². The fraction of sp³-hybridized carbons (Fsp3) is 0.625. The van der Waals surface area contributed by atoms with Crippen molar-refractivity contribution in [1.82, 2.24) is 10.2 Å². The first-order chi connectivity index (χ1) is 9.17. The summed E-state index contributed by atoms with van der Waals surface area (Å²) in [4.78, 5) is 2.36. The molecule has 0 unspecified atom stereocenters. The topological polar surface area (TPSA) is 15.3 Å². The summed E-state index contributed by atoms with van der Waals surface area (Å²) in [5.41, 5.74) is 1.19. The molecular weight excluding hydrogens is 239 g/mol. The summed E-state index contributed by atoms with van der Waals surface area (Å²) < 4.78 is 12.8. The predicted octanol–water partition coefficient (Wildman–Crippen LogP) is 3.04. The lowest BCUT2D eigenvalue weighted by Gasteiger charge is -2.31. The van der Waals surface area contributed by atoms with E-state index in [4.69, 9.17) is 0 Å². The second-order valence-electron chi connectivity index (χ2n) is 5.83. The molecule has 0 bridgehead atoms. The molecule has 1 fully saturated rings. The Morgan fingerprint density at radius 3 is 2.37 bits per heavy atom. The first-order valence-corrected chi connectivity index (χ1v) is 7.27. The van der Waals surface area contributed by atoms with Gasteiger partial charge in [-0.2, -0.15) is 0 Å². The molecule has 1 N–H and O–H groups in total. The average Bonchev–Trinajstić information content (AvgIpc) is 2.42. The third-order valence-electron chi connectivity index (χ3n) is 4.19. The van der Waals surface area contributed by atoms with E-state index in [-0.39, 0.29) is 5.82 Å². The highest BCUT2D eigenvalue weighted by Gasteiger charge is 2.20. The fourth-order valence-electron chi connectivity index (χ4n) is 3.04. The maximum absolute atomic E-state index is 12.8. The van der Waals surface area contributed by atoms with Crippen molar-refractivity contribution in [2.75, 3.05) is 20.6 Å². The molecule has 0 amide bonds. The van der Waals surface area contributed by atoms with E-state index in [1.165, 1.54) is 31.2 Å². The first kappa shape index (κ1) is 14.5. The molecular formula is C16H25FN2. The van der Waals surface area contributed by atoms with Crippen LogP contribution in [0.1, 0.15) is 31.2 Å². The number of benzene rings is 1. The highest BCUT2D eigenvalue weighted by Crippen LogP contribution is 2.25. The quantitative estimate of drug-likeness (QED) is 0.879. The van der Waals surface area contributed by atoms with E-state index in [1.807, 2.05) is 12.1 Å². The van der Waals surface area contributed by atoms with E-state index >= 15 is 0 Å². The zero-order chi connectivity index (χ0) is 13.7. The molecule has 1 aromatic carbocycles. The Hall–Kier alpha value is -0.930. The van der Waals surface area contributed by atoms with Crippen LogP contribution in [-0.4, -0.2) is 31.6 Å². The standard InChI is InChI=1S/C16H25FN2/c1-18-16-9-5-14(6-10-16)12-19(2)11-13-3-7-15(17)8-4-13/h3-4,7-8,14,16,18H,5-6,9-12H2,1-2H3. The second-order valence-corrected chi connectivity index (χ2v) is 5.83. The van der Waals surface area contributed by atoms with Crippen LogP contribution in [0.25, 0.3) is 0 Å². The van der Waals surface area contributed by atoms with Gasteiger partial charge in [0.05, 0.1) is 0 Å². The van der Waals surface area contributed by atoms with Crippen molar-refractivity contribution >= 4 is 0 Å². The third-order valence-corrected chi connectivity index (χ3v) is 4.19. The molecule has 2 rings (SSSR count). The molecule has 106 valence electrons. The molecule has 1 aliphatic rings. The van der Waals surface area contributed by atoms with Gasteiger partial charge in [0.25, 0.3) is 0 Å². The Kier molecular flexibility index (Phi) is 5.34. The molecule has 0 spiro atoms. The predicted molar refractivity (Wildman–Crippen MR) is 77.5 cm³/mol. The number of rotatable bonds is 5. The number of halogens is 1. The van der Waals surface area contributed by atoms with Gasteiger partial charge < -0.3 is 10.2 Å². The van der Waals surface area contributed by atoms with Gasteiger partial charge in [-0.15, -0.1) is 0 Å². The maximum Gasteiger partial charge on any atom is 0.123 e. The Morgan fingerprint density at radius 1 is 1.16 bits per heavy atom. The van der Waals surface area contributed by atoms with Crippen LogP contribution in [0.3, 0.4) is 0 Å². The molecule has 0 radical (unpaired) electrons. The minimum Gasteiger partial charge on any atom is -0.317 e. The van der Waals surface area contributed by atoms with Crippen molar-refractivity contribution in [3.05, 3.63) is 35.6 Å². The number of nitrogens with one attached hydrogen (secondary N) is 1. The van der Waals surface area contributed by atoms with Crippen LogP contribution in [0.4, 0.5) is 4.39 Å². The van der Waals surface area contributed by atoms with E-state index < -0.39 is 0 Å². The molecule has 1 aromatic rings. The van der Waals surface area contributed by atoms with Crippen molar-refractivity contribution < 1.29 is 4.39 Å². The molecule has 1 saturated carbocycles. The second kappa shape index (κ2) is 7.01. The molecule has 0 saturated heterocycles. The van der Waals surface area contributed by atoms with E-state index in [2.05, 4.69) is 24.3 Å². The van der Waals surface area contributed by atoms with Crippen molar-refractivity contribution in [3.8, 4) is 0 Å². The molecule has 2 nitrogen and oxygen atoms in total. The van der Waals surface area contributed by atoms with Gasteiger partial charge in [0, 0.05) is 19.1 Å². The zero-order valence-corrected chi connectivity index (χ0v) is 12.0. The number of hydrogen-bond donors (Lipinski definition) is 1. The lowest BCUT2D eigenvalue weighted by atomic mass is 9.86. The Labute approximate surface area is 116 Å². The molecule has 1 aliphatic carbocycles. The molecule has 0 aliphatic heterocycles. The Balaban J connectivity index is 1.75. The zero-order valence-electron chi connectivity index (χ0n) is 12.0. The van der Waals surface area contributed by atoms with Gasteiger partial charge in [0.15, 0.2) is 0 Å².